The summed E-state index contributed by atoms with van der Waals surface area (Å²) < 4.78 is 0. The smallest absolute Gasteiger partial charge is 0.327 e. The minimum atomic E-state index is -0.869. The van der Waals surface area contributed by atoms with Gasteiger partial charge in [-0.05, 0) is 49.9 Å². The summed E-state index contributed by atoms with van der Waals surface area (Å²) in [6, 6.07) is 8.08. The van der Waals surface area contributed by atoms with Gasteiger partial charge in [0, 0.05) is 23.4 Å². The first-order valence-electron chi connectivity index (χ1n) is 7.36. The number of rotatable bonds is 8. The highest BCUT2D eigenvalue weighted by atomic mass is 16.4. The molecule has 4 nitrogen and oxygen atoms in total. The van der Waals surface area contributed by atoms with Crippen LogP contribution in [0.2, 0.25) is 0 Å². The number of aromatic nitrogens is 2. The van der Waals surface area contributed by atoms with E-state index in [1.165, 1.54) is 6.08 Å². The van der Waals surface area contributed by atoms with E-state index in [0.29, 0.717) is 0 Å². The molecule has 0 aromatic carbocycles. The second kappa shape index (κ2) is 8.15. The summed E-state index contributed by atoms with van der Waals surface area (Å²) >= 11 is 0. The first-order chi connectivity index (χ1) is 10.3. The van der Waals surface area contributed by atoms with Gasteiger partial charge in [-0.15, -0.1) is 0 Å². The van der Waals surface area contributed by atoms with Crippen LogP contribution < -0.4 is 0 Å². The molecule has 0 aliphatic carbocycles. The van der Waals surface area contributed by atoms with Crippen molar-refractivity contribution in [2.24, 2.45) is 0 Å². The number of hydrogen-bond donors (Lipinski definition) is 1. The zero-order valence-electron chi connectivity index (χ0n) is 12.0. The first-order valence-corrected chi connectivity index (χ1v) is 7.36. The summed E-state index contributed by atoms with van der Waals surface area (Å²) in [5, 5.41) is 9.53. The van der Waals surface area contributed by atoms with Crippen molar-refractivity contribution in [2.45, 2.75) is 38.5 Å². The maximum Gasteiger partial charge on any atom is 0.327 e. The van der Waals surface area contributed by atoms with Gasteiger partial charge in [0.05, 0.1) is 0 Å². The van der Waals surface area contributed by atoms with Crippen LogP contribution in [-0.4, -0.2) is 21.0 Å². The van der Waals surface area contributed by atoms with Gasteiger partial charge in [0.25, 0.3) is 0 Å². The molecule has 0 amide bonds. The number of pyridine rings is 2. The van der Waals surface area contributed by atoms with Crippen LogP contribution in [0.4, 0.5) is 0 Å². The van der Waals surface area contributed by atoms with Crippen LogP contribution >= 0.6 is 0 Å². The molecule has 2 heterocycles. The van der Waals surface area contributed by atoms with Crippen molar-refractivity contribution in [1.82, 2.24) is 9.97 Å². The molecular weight excluding hydrogens is 264 g/mol. The van der Waals surface area contributed by atoms with E-state index in [1.54, 1.807) is 12.3 Å². The molecule has 0 unspecified atom stereocenters. The van der Waals surface area contributed by atoms with Gasteiger partial charge in [0.2, 0.25) is 0 Å². The molecule has 0 fully saturated rings. The van der Waals surface area contributed by atoms with E-state index in [-0.39, 0.29) is 0 Å². The van der Waals surface area contributed by atoms with Gasteiger partial charge >= 0.3 is 5.97 Å². The molecule has 0 saturated carbocycles. The summed E-state index contributed by atoms with van der Waals surface area (Å²) in [5.74, 6) is -0.869. The number of nitrogens with zero attached hydrogens (tertiary/aromatic N) is 2. The predicted octanol–water partition coefficient (Wildman–Crippen LogP) is 3.76. The van der Waals surface area contributed by atoms with Gasteiger partial charge in [-0.3, -0.25) is 0 Å². The van der Waals surface area contributed by atoms with Crippen LogP contribution in [0.3, 0.4) is 0 Å². The fourth-order valence-electron chi connectivity index (χ4n) is 2.24. The number of unbranched alkanes of at least 4 members (excludes halogenated alkanes) is 4. The minimum absolute atomic E-state index is 0.814. The van der Waals surface area contributed by atoms with Gasteiger partial charge in [-0.1, -0.05) is 18.9 Å². The lowest BCUT2D eigenvalue weighted by atomic mass is 10.1. The molecule has 0 aliphatic heterocycles. The number of aliphatic carboxylic acids is 1. The van der Waals surface area contributed by atoms with Crippen molar-refractivity contribution in [3.8, 4) is 0 Å². The minimum Gasteiger partial charge on any atom is -0.478 e. The lowest BCUT2D eigenvalue weighted by Crippen LogP contribution is -1.92. The molecule has 0 bridgehead atoms. The van der Waals surface area contributed by atoms with Crippen molar-refractivity contribution in [1.29, 1.82) is 0 Å². The Balaban J connectivity index is 1.67. The Morgan fingerprint density at radius 3 is 2.86 bits per heavy atom. The zero-order chi connectivity index (χ0) is 14.9. The Morgan fingerprint density at radius 2 is 2.00 bits per heavy atom. The normalized spacial score (nSPS) is 11.2. The third kappa shape index (κ3) is 5.34. The number of carboxylic acids is 1. The van der Waals surface area contributed by atoms with E-state index in [9.17, 15) is 4.79 Å². The number of carbonyl (C=O) groups is 1. The van der Waals surface area contributed by atoms with Crippen LogP contribution in [0.1, 0.15) is 37.8 Å². The Hall–Kier alpha value is -2.23. The molecule has 4 heteroatoms. The van der Waals surface area contributed by atoms with Crippen molar-refractivity contribution >= 4 is 17.0 Å². The third-order valence-corrected chi connectivity index (χ3v) is 3.34. The fraction of sp³-hybridized carbons (Fsp3) is 0.353. The highest BCUT2D eigenvalue weighted by molar-refractivity contribution is 5.79. The highest BCUT2D eigenvalue weighted by Gasteiger charge is 1.99. The lowest BCUT2D eigenvalue weighted by molar-refractivity contribution is -0.131. The van der Waals surface area contributed by atoms with Gasteiger partial charge < -0.3 is 5.11 Å². The predicted molar refractivity (Wildman–Crippen MR) is 83.1 cm³/mol. The second-order valence-corrected chi connectivity index (χ2v) is 5.05. The number of aryl methyl sites for hydroxylation is 1. The van der Waals surface area contributed by atoms with Crippen LogP contribution in [0, 0.1) is 0 Å². The standard InChI is InChI=1S/C17H20N2O2/c20-16(21)10-6-4-2-1-3-5-9-15-12-11-14-8-7-13-18-17(14)19-15/h6-8,10-13H,1-5,9H2,(H,20,21)/b10-6+. The van der Waals surface area contributed by atoms with E-state index in [0.717, 1.165) is 55.3 Å². The summed E-state index contributed by atoms with van der Waals surface area (Å²) in [6.45, 7) is 0. The van der Waals surface area contributed by atoms with Crippen molar-refractivity contribution < 1.29 is 9.90 Å². The first kappa shape index (κ1) is 15.2. The molecule has 0 spiro atoms. The lowest BCUT2D eigenvalue weighted by Gasteiger charge is -2.02. The zero-order valence-corrected chi connectivity index (χ0v) is 12.0. The van der Waals surface area contributed by atoms with Crippen molar-refractivity contribution in [3.05, 3.63) is 48.3 Å². The van der Waals surface area contributed by atoms with Gasteiger partial charge in [0.15, 0.2) is 5.65 Å². The molecule has 0 atom stereocenters. The van der Waals surface area contributed by atoms with Crippen molar-refractivity contribution in [3.63, 3.8) is 0 Å². The Kier molecular flexibility index (Phi) is 5.88. The summed E-state index contributed by atoms with van der Waals surface area (Å²) in [4.78, 5) is 19.1. The molecule has 0 saturated heterocycles. The molecular formula is C17H20N2O2. The monoisotopic (exact) mass is 284 g/mol. The number of hydrogen-bond acceptors (Lipinski definition) is 3. The summed E-state index contributed by atoms with van der Waals surface area (Å²) in [5.41, 5.74) is 1.90. The second-order valence-electron chi connectivity index (χ2n) is 5.05. The molecule has 110 valence electrons. The Labute approximate surface area is 124 Å². The molecule has 21 heavy (non-hydrogen) atoms. The maximum absolute atomic E-state index is 10.3. The average Bonchev–Trinajstić information content (AvgIpc) is 2.49. The Bertz CT molecular complexity index is 623. The van der Waals surface area contributed by atoms with Gasteiger partial charge in [0.1, 0.15) is 0 Å². The summed E-state index contributed by atoms with van der Waals surface area (Å²) in [6.07, 6.45) is 10.9. The number of allylic oxidation sites excluding steroid dienone is 1. The quantitative estimate of drug-likeness (QED) is 0.592. The topological polar surface area (TPSA) is 63.1 Å². The molecule has 2 aromatic rings. The number of fused-ring (bicyclic) bond motifs is 1. The average molecular weight is 284 g/mol. The number of carboxylic acid groups (broad SMARTS) is 1. The van der Waals surface area contributed by atoms with Crippen LogP contribution in [0.25, 0.3) is 11.0 Å². The SMILES string of the molecule is O=C(O)/C=C/CCCCCCc1ccc2cccnc2n1. The van der Waals surface area contributed by atoms with Crippen LogP contribution in [0.5, 0.6) is 0 Å². The molecule has 0 radical (unpaired) electrons. The maximum atomic E-state index is 10.3. The highest BCUT2D eigenvalue weighted by Crippen LogP contribution is 2.12. The molecule has 2 rings (SSSR count). The molecule has 1 N–H and O–H groups in total. The van der Waals surface area contributed by atoms with E-state index in [1.807, 2.05) is 12.1 Å². The Morgan fingerprint density at radius 1 is 1.14 bits per heavy atom. The molecule has 0 aliphatic rings. The van der Waals surface area contributed by atoms with Crippen LogP contribution in [0.15, 0.2) is 42.6 Å². The van der Waals surface area contributed by atoms with E-state index in [2.05, 4.69) is 22.1 Å². The van der Waals surface area contributed by atoms with Crippen molar-refractivity contribution in [2.75, 3.05) is 0 Å². The van der Waals surface area contributed by atoms with Gasteiger partial charge in [-0.2, -0.15) is 0 Å². The van der Waals surface area contributed by atoms with Crippen LogP contribution in [-0.2, 0) is 11.2 Å². The largest absolute Gasteiger partial charge is 0.478 e. The van der Waals surface area contributed by atoms with E-state index >= 15 is 0 Å². The fourth-order valence-corrected chi connectivity index (χ4v) is 2.24. The van der Waals surface area contributed by atoms with E-state index < -0.39 is 5.97 Å². The van der Waals surface area contributed by atoms with Gasteiger partial charge in [-0.25, -0.2) is 14.8 Å². The van der Waals surface area contributed by atoms with E-state index in [4.69, 9.17) is 5.11 Å². The summed E-state index contributed by atoms with van der Waals surface area (Å²) in [7, 11) is 0. The third-order valence-electron chi connectivity index (χ3n) is 3.34. The molecule has 2 aromatic heterocycles.